The molecule has 220 valence electrons. The monoisotopic (exact) mass is 590 g/mol. The van der Waals surface area contributed by atoms with Crippen LogP contribution in [0.3, 0.4) is 0 Å². The van der Waals surface area contributed by atoms with Crippen LogP contribution in [0.2, 0.25) is 0 Å². The third-order valence-corrected chi connectivity index (χ3v) is 7.72. The topological polar surface area (TPSA) is 115 Å². The molecule has 1 aliphatic rings. The summed E-state index contributed by atoms with van der Waals surface area (Å²) in [6.07, 6.45) is 4.43. The number of amides is 1. The maximum atomic E-state index is 13.6. The van der Waals surface area contributed by atoms with Crippen LogP contribution in [-0.2, 0) is 14.3 Å². The van der Waals surface area contributed by atoms with Gasteiger partial charge in [0.2, 0.25) is 0 Å². The number of benzene rings is 2. The molecule has 1 amide bonds. The van der Waals surface area contributed by atoms with Gasteiger partial charge in [-0.05, 0) is 62.2 Å². The standard InChI is InChI=1S/C32H34N2O7S/c1-5-8-9-18-40-24-12-10-11-22(19-24)26-25(27(35)21-13-15-23(16-14-21)39-7-3)28(36)30(37)34(26)32-33-20(4)29(42-32)31(38)41-17-6-2/h6,10-16,19,26,35H,2,5,7-9,17-18H2,1,3-4H3. The van der Waals surface area contributed by atoms with Crippen molar-refractivity contribution >= 4 is 39.9 Å². The second-order valence-corrected chi connectivity index (χ2v) is 10.5. The van der Waals surface area contributed by atoms with E-state index in [2.05, 4.69) is 18.5 Å². The first-order chi connectivity index (χ1) is 20.3. The molecule has 1 aromatic heterocycles. The molecule has 1 unspecified atom stereocenters. The minimum absolute atomic E-state index is 0.0170. The number of aromatic nitrogens is 1. The van der Waals surface area contributed by atoms with Gasteiger partial charge in [-0.2, -0.15) is 0 Å². The molecule has 1 fully saturated rings. The molecular weight excluding hydrogens is 556 g/mol. The molecule has 0 spiro atoms. The van der Waals surface area contributed by atoms with Crippen LogP contribution < -0.4 is 14.4 Å². The van der Waals surface area contributed by atoms with E-state index in [1.807, 2.05) is 6.92 Å². The van der Waals surface area contributed by atoms with E-state index in [1.54, 1.807) is 55.5 Å². The number of aliphatic hydroxyl groups excluding tert-OH is 1. The van der Waals surface area contributed by atoms with Crippen molar-refractivity contribution in [2.24, 2.45) is 0 Å². The second-order valence-electron chi connectivity index (χ2n) is 9.55. The van der Waals surface area contributed by atoms with Gasteiger partial charge in [0.05, 0.1) is 30.5 Å². The molecule has 42 heavy (non-hydrogen) atoms. The number of esters is 1. The average Bonchev–Trinajstić information content (AvgIpc) is 3.50. The zero-order valence-corrected chi connectivity index (χ0v) is 24.7. The molecule has 0 radical (unpaired) electrons. The number of aryl methyl sites for hydroxylation is 1. The average molecular weight is 591 g/mol. The summed E-state index contributed by atoms with van der Waals surface area (Å²) in [6, 6.07) is 12.7. The van der Waals surface area contributed by atoms with Crippen LogP contribution in [0.5, 0.6) is 11.5 Å². The number of thiazole rings is 1. The number of ketones is 1. The lowest BCUT2D eigenvalue weighted by Crippen LogP contribution is -2.29. The Labute approximate surface area is 249 Å². The summed E-state index contributed by atoms with van der Waals surface area (Å²) in [5.41, 5.74) is 1.14. The van der Waals surface area contributed by atoms with Gasteiger partial charge in [-0.1, -0.05) is 55.9 Å². The Bertz CT molecular complexity index is 1490. The number of ether oxygens (including phenoxy) is 3. The summed E-state index contributed by atoms with van der Waals surface area (Å²) in [4.78, 5) is 45.7. The molecule has 1 atom stereocenters. The molecule has 1 N–H and O–H groups in total. The highest BCUT2D eigenvalue weighted by Gasteiger charge is 2.48. The molecule has 1 saturated heterocycles. The third-order valence-electron chi connectivity index (χ3n) is 6.58. The van der Waals surface area contributed by atoms with E-state index in [9.17, 15) is 19.5 Å². The van der Waals surface area contributed by atoms with Crippen molar-refractivity contribution in [3.8, 4) is 11.5 Å². The first-order valence-electron chi connectivity index (χ1n) is 13.8. The number of nitrogens with zero attached hydrogens (tertiary/aromatic N) is 2. The Kier molecular flexibility index (Phi) is 10.1. The number of rotatable bonds is 13. The van der Waals surface area contributed by atoms with Gasteiger partial charge in [-0.3, -0.25) is 14.5 Å². The summed E-state index contributed by atoms with van der Waals surface area (Å²) < 4.78 is 16.6. The van der Waals surface area contributed by atoms with Crippen LogP contribution >= 0.6 is 11.3 Å². The Balaban J connectivity index is 1.82. The van der Waals surface area contributed by atoms with Crippen molar-refractivity contribution in [1.82, 2.24) is 4.98 Å². The van der Waals surface area contributed by atoms with Gasteiger partial charge in [0.25, 0.3) is 5.78 Å². The first-order valence-corrected chi connectivity index (χ1v) is 14.6. The quantitative estimate of drug-likeness (QED) is 0.0608. The largest absolute Gasteiger partial charge is 0.507 e. The highest BCUT2D eigenvalue weighted by molar-refractivity contribution is 7.17. The number of carbonyl (C=O) groups excluding carboxylic acids is 3. The smallest absolute Gasteiger partial charge is 0.350 e. The predicted octanol–water partition coefficient (Wildman–Crippen LogP) is 6.39. The molecule has 2 aromatic carbocycles. The van der Waals surface area contributed by atoms with Crippen LogP contribution in [0.15, 0.2) is 66.8 Å². The minimum atomic E-state index is -1.03. The van der Waals surface area contributed by atoms with E-state index >= 15 is 0 Å². The molecule has 10 heteroatoms. The van der Waals surface area contributed by atoms with Crippen LogP contribution in [-0.4, -0.2) is 47.6 Å². The van der Waals surface area contributed by atoms with Crippen molar-refractivity contribution in [2.45, 2.75) is 46.1 Å². The van der Waals surface area contributed by atoms with Gasteiger partial charge in [0.15, 0.2) is 5.13 Å². The lowest BCUT2D eigenvalue weighted by atomic mass is 9.95. The summed E-state index contributed by atoms with van der Waals surface area (Å²) in [5.74, 6) is -1.52. The molecule has 2 heterocycles. The van der Waals surface area contributed by atoms with E-state index in [0.29, 0.717) is 41.5 Å². The van der Waals surface area contributed by atoms with E-state index in [1.165, 1.54) is 11.0 Å². The van der Waals surface area contributed by atoms with Crippen LogP contribution in [0.4, 0.5) is 5.13 Å². The zero-order valence-electron chi connectivity index (χ0n) is 23.9. The van der Waals surface area contributed by atoms with Crippen molar-refractivity contribution in [1.29, 1.82) is 0 Å². The maximum absolute atomic E-state index is 13.6. The molecule has 0 aliphatic carbocycles. The Morgan fingerprint density at radius 2 is 1.86 bits per heavy atom. The number of hydrogen-bond acceptors (Lipinski definition) is 9. The Hall–Kier alpha value is -4.44. The Morgan fingerprint density at radius 3 is 2.55 bits per heavy atom. The summed E-state index contributed by atoms with van der Waals surface area (Å²) in [6.45, 7) is 10.2. The number of unbranched alkanes of at least 4 members (excludes halogenated alkanes) is 2. The van der Waals surface area contributed by atoms with Gasteiger partial charge in [-0.15, -0.1) is 0 Å². The molecule has 0 saturated carbocycles. The number of aliphatic hydroxyl groups is 1. The lowest BCUT2D eigenvalue weighted by Gasteiger charge is -2.23. The Morgan fingerprint density at radius 1 is 1.10 bits per heavy atom. The van der Waals surface area contributed by atoms with Crippen LogP contribution in [0.1, 0.15) is 65.6 Å². The van der Waals surface area contributed by atoms with Gasteiger partial charge in [0.1, 0.15) is 28.7 Å². The SMILES string of the molecule is C=CCOC(=O)c1sc(N2C(=O)C(=O)C(=C(O)c3ccc(OCC)cc3)C2c2cccc(OCCCCC)c2)nc1C. The second kappa shape index (κ2) is 14.0. The molecular formula is C32H34N2O7S. The highest BCUT2D eigenvalue weighted by atomic mass is 32.1. The number of anilines is 1. The number of hydrogen-bond donors (Lipinski definition) is 1. The molecule has 3 aromatic rings. The third kappa shape index (κ3) is 6.54. The lowest BCUT2D eigenvalue weighted by molar-refractivity contribution is -0.132. The minimum Gasteiger partial charge on any atom is -0.507 e. The molecule has 0 bridgehead atoms. The number of Topliss-reactive ketones (excluding diaryl/α,β-unsaturated/α-hetero) is 1. The number of carbonyl (C=O) groups is 3. The summed E-state index contributed by atoms with van der Waals surface area (Å²) in [5, 5.41) is 11.6. The summed E-state index contributed by atoms with van der Waals surface area (Å²) >= 11 is 0.941. The van der Waals surface area contributed by atoms with Crippen molar-refractivity contribution in [3.05, 3.63) is 88.5 Å². The van der Waals surface area contributed by atoms with E-state index in [0.717, 1.165) is 30.6 Å². The fourth-order valence-electron chi connectivity index (χ4n) is 4.57. The van der Waals surface area contributed by atoms with Crippen molar-refractivity contribution in [2.75, 3.05) is 24.7 Å². The van der Waals surface area contributed by atoms with Gasteiger partial charge < -0.3 is 19.3 Å². The van der Waals surface area contributed by atoms with E-state index in [-0.39, 0.29) is 27.9 Å². The van der Waals surface area contributed by atoms with Crippen LogP contribution in [0, 0.1) is 6.92 Å². The molecule has 4 rings (SSSR count). The van der Waals surface area contributed by atoms with Gasteiger partial charge >= 0.3 is 11.9 Å². The zero-order chi connectivity index (χ0) is 30.2. The normalized spacial score (nSPS) is 16.0. The van der Waals surface area contributed by atoms with Crippen molar-refractivity contribution < 1.29 is 33.7 Å². The van der Waals surface area contributed by atoms with Crippen molar-refractivity contribution in [3.63, 3.8) is 0 Å². The summed E-state index contributed by atoms with van der Waals surface area (Å²) in [7, 11) is 0. The van der Waals surface area contributed by atoms with E-state index in [4.69, 9.17) is 14.2 Å². The van der Waals surface area contributed by atoms with Gasteiger partial charge in [0, 0.05) is 5.56 Å². The first kappa shape index (κ1) is 30.5. The van der Waals surface area contributed by atoms with Gasteiger partial charge in [-0.25, -0.2) is 9.78 Å². The van der Waals surface area contributed by atoms with Crippen LogP contribution in [0.25, 0.3) is 5.76 Å². The van der Waals surface area contributed by atoms with E-state index < -0.39 is 23.7 Å². The molecule has 9 nitrogen and oxygen atoms in total. The fraction of sp³-hybridized carbons (Fsp3) is 0.312. The maximum Gasteiger partial charge on any atom is 0.350 e. The molecule has 1 aliphatic heterocycles. The highest BCUT2D eigenvalue weighted by Crippen LogP contribution is 2.44. The fourth-order valence-corrected chi connectivity index (χ4v) is 5.56. The predicted molar refractivity (Wildman–Crippen MR) is 161 cm³/mol.